The third-order valence-corrected chi connectivity index (χ3v) is 8.02. The summed E-state index contributed by atoms with van der Waals surface area (Å²) in [5, 5.41) is 2.69. The maximum absolute atomic E-state index is 13.5. The van der Waals surface area contributed by atoms with E-state index in [0.29, 0.717) is 16.8 Å². The maximum atomic E-state index is 13.5. The minimum atomic E-state index is -4.75. The smallest absolute Gasteiger partial charge is 0.352 e. The van der Waals surface area contributed by atoms with E-state index < -0.39 is 45.9 Å². The Bertz CT molecular complexity index is 1240. The monoisotopic (exact) mass is 573 g/mol. The minimum absolute atomic E-state index is 0.00691. The molecule has 1 N–H and O–H groups in total. The molecule has 1 fully saturated rings. The van der Waals surface area contributed by atoms with Crippen LogP contribution >= 0.6 is 11.6 Å². The van der Waals surface area contributed by atoms with Gasteiger partial charge in [0.05, 0.1) is 22.5 Å². The predicted octanol–water partition coefficient (Wildman–Crippen LogP) is 4.64. The fourth-order valence-electron chi connectivity index (χ4n) is 4.44. The summed E-state index contributed by atoms with van der Waals surface area (Å²) in [6.45, 7) is 0.820. The van der Waals surface area contributed by atoms with Crippen LogP contribution in [0.3, 0.4) is 0 Å². The quantitative estimate of drug-likeness (QED) is 0.448. The van der Waals surface area contributed by atoms with Crippen LogP contribution in [0.15, 0.2) is 48.5 Å². The Morgan fingerprint density at radius 3 is 2.32 bits per heavy atom. The van der Waals surface area contributed by atoms with E-state index in [9.17, 15) is 31.2 Å². The predicted molar refractivity (Wildman–Crippen MR) is 140 cm³/mol. The van der Waals surface area contributed by atoms with Crippen LogP contribution in [0.25, 0.3) is 0 Å². The number of rotatable bonds is 10. The summed E-state index contributed by atoms with van der Waals surface area (Å²) in [4.78, 5) is 27.8. The molecule has 0 radical (unpaired) electrons. The highest BCUT2D eigenvalue weighted by Crippen LogP contribution is 2.36. The SMILES string of the molecule is CC(C(=O)NC1CCCC1)N(CCc1ccccc1)C(=O)CN(c1cc(C(F)(F)F)ccc1Cl)S(C)(=O)=O. The highest BCUT2D eigenvalue weighted by atomic mass is 35.5. The lowest BCUT2D eigenvalue weighted by Crippen LogP contribution is -2.53. The molecule has 2 aromatic carbocycles. The molecule has 0 aromatic heterocycles. The van der Waals surface area contributed by atoms with Gasteiger partial charge in [0.2, 0.25) is 21.8 Å². The second-order valence-corrected chi connectivity index (χ2v) is 11.7. The Kier molecular flexibility index (Phi) is 9.69. The third-order valence-electron chi connectivity index (χ3n) is 6.57. The standard InChI is InChI=1S/C26H31ClF3N3O4S/c1-18(25(35)31-21-10-6-7-11-21)32(15-14-19-8-4-3-5-9-19)24(34)17-33(38(2,36)37)23-16-20(26(28,29)30)12-13-22(23)27/h3-5,8-9,12-13,16,18,21H,6-7,10-11,14-15,17H2,1-2H3,(H,31,35). The molecule has 0 bridgehead atoms. The number of anilines is 1. The number of halogens is 4. The Balaban J connectivity index is 1.90. The molecule has 12 heteroatoms. The maximum Gasteiger partial charge on any atom is 0.416 e. The van der Waals surface area contributed by atoms with E-state index in [-0.39, 0.29) is 23.5 Å². The molecular weight excluding hydrogens is 543 g/mol. The van der Waals surface area contributed by atoms with Crippen molar-refractivity contribution in [1.82, 2.24) is 10.2 Å². The lowest BCUT2D eigenvalue weighted by molar-refractivity contribution is -0.139. The van der Waals surface area contributed by atoms with E-state index in [1.54, 1.807) is 6.92 Å². The molecule has 1 atom stereocenters. The van der Waals surface area contributed by atoms with Gasteiger partial charge in [-0.1, -0.05) is 54.8 Å². The summed E-state index contributed by atoms with van der Waals surface area (Å²) < 4.78 is 65.9. The molecule has 0 spiro atoms. The molecule has 1 aliphatic carbocycles. The van der Waals surface area contributed by atoms with Gasteiger partial charge in [-0.05, 0) is 49.9 Å². The summed E-state index contributed by atoms with van der Waals surface area (Å²) in [7, 11) is -4.23. The summed E-state index contributed by atoms with van der Waals surface area (Å²) in [5.41, 5.74) is -0.679. The number of nitrogens with zero attached hydrogens (tertiary/aromatic N) is 2. The van der Waals surface area contributed by atoms with Crippen LogP contribution in [0.2, 0.25) is 5.02 Å². The Morgan fingerprint density at radius 1 is 1.11 bits per heavy atom. The first-order valence-corrected chi connectivity index (χ1v) is 14.5. The van der Waals surface area contributed by atoms with Crippen molar-refractivity contribution in [1.29, 1.82) is 0 Å². The van der Waals surface area contributed by atoms with Gasteiger partial charge in [-0.25, -0.2) is 8.42 Å². The van der Waals surface area contributed by atoms with E-state index in [2.05, 4.69) is 5.32 Å². The molecule has 0 saturated heterocycles. The number of benzene rings is 2. The molecule has 2 aromatic rings. The molecule has 3 rings (SSSR count). The molecule has 1 saturated carbocycles. The van der Waals surface area contributed by atoms with E-state index in [4.69, 9.17) is 11.6 Å². The van der Waals surface area contributed by atoms with Gasteiger partial charge in [0.25, 0.3) is 0 Å². The number of nitrogens with one attached hydrogen (secondary N) is 1. The second kappa shape index (κ2) is 12.4. The van der Waals surface area contributed by atoms with Gasteiger partial charge < -0.3 is 10.2 Å². The number of hydrogen-bond acceptors (Lipinski definition) is 4. The topological polar surface area (TPSA) is 86.8 Å². The summed E-state index contributed by atoms with van der Waals surface area (Å²) >= 11 is 6.10. The second-order valence-electron chi connectivity index (χ2n) is 9.42. The zero-order chi connectivity index (χ0) is 28.1. The van der Waals surface area contributed by atoms with Crippen LogP contribution in [0.1, 0.15) is 43.7 Å². The summed E-state index contributed by atoms with van der Waals surface area (Å²) in [6.07, 6.45) is 0.0893. The highest BCUT2D eigenvalue weighted by molar-refractivity contribution is 7.92. The van der Waals surface area contributed by atoms with Crippen molar-refractivity contribution >= 4 is 39.1 Å². The third kappa shape index (κ3) is 7.86. The van der Waals surface area contributed by atoms with Crippen LogP contribution < -0.4 is 9.62 Å². The summed E-state index contributed by atoms with van der Waals surface area (Å²) in [6, 6.07) is 10.6. The molecule has 2 amide bonds. The lowest BCUT2D eigenvalue weighted by atomic mass is 10.1. The first-order chi connectivity index (χ1) is 17.8. The van der Waals surface area contributed by atoms with Crippen molar-refractivity contribution in [2.45, 2.75) is 57.3 Å². The van der Waals surface area contributed by atoms with Gasteiger partial charge in [0.15, 0.2) is 0 Å². The number of carbonyl (C=O) groups excluding carboxylic acids is 2. The minimum Gasteiger partial charge on any atom is -0.352 e. The molecule has 38 heavy (non-hydrogen) atoms. The lowest BCUT2D eigenvalue weighted by Gasteiger charge is -2.32. The van der Waals surface area contributed by atoms with Crippen molar-refractivity contribution in [2.75, 3.05) is 23.7 Å². The molecule has 1 unspecified atom stereocenters. The zero-order valence-electron chi connectivity index (χ0n) is 21.2. The average molecular weight is 574 g/mol. The normalized spacial score (nSPS) is 15.2. The van der Waals surface area contributed by atoms with E-state index in [1.165, 1.54) is 4.90 Å². The highest BCUT2D eigenvalue weighted by Gasteiger charge is 2.35. The van der Waals surface area contributed by atoms with Gasteiger partial charge in [0, 0.05) is 12.6 Å². The van der Waals surface area contributed by atoms with Crippen molar-refractivity contribution in [3.05, 3.63) is 64.7 Å². The van der Waals surface area contributed by atoms with Gasteiger partial charge in [-0.2, -0.15) is 13.2 Å². The number of sulfonamides is 1. The first kappa shape index (κ1) is 29.8. The van der Waals surface area contributed by atoms with Gasteiger partial charge in [-0.3, -0.25) is 13.9 Å². The van der Waals surface area contributed by atoms with Crippen molar-refractivity contribution in [3.63, 3.8) is 0 Å². The van der Waals surface area contributed by atoms with Gasteiger partial charge in [-0.15, -0.1) is 0 Å². The molecule has 0 heterocycles. The fraction of sp³-hybridized carbons (Fsp3) is 0.462. The molecular formula is C26H31ClF3N3O4S. The molecule has 208 valence electrons. The van der Waals surface area contributed by atoms with Crippen LogP contribution in [-0.2, 0) is 32.2 Å². The molecule has 7 nitrogen and oxygen atoms in total. The molecule has 0 aliphatic heterocycles. The van der Waals surface area contributed by atoms with Crippen LogP contribution in [-0.4, -0.2) is 56.6 Å². The Hall–Kier alpha value is -2.79. The largest absolute Gasteiger partial charge is 0.416 e. The Labute approximate surface area is 226 Å². The van der Waals surface area contributed by atoms with Crippen LogP contribution in [0.5, 0.6) is 0 Å². The first-order valence-electron chi connectivity index (χ1n) is 12.3. The van der Waals surface area contributed by atoms with Gasteiger partial charge in [0.1, 0.15) is 12.6 Å². The average Bonchev–Trinajstić information content (AvgIpc) is 3.35. The van der Waals surface area contributed by atoms with E-state index >= 15 is 0 Å². The zero-order valence-corrected chi connectivity index (χ0v) is 22.7. The number of hydrogen-bond donors (Lipinski definition) is 1. The van der Waals surface area contributed by atoms with Crippen molar-refractivity contribution in [2.24, 2.45) is 0 Å². The Morgan fingerprint density at radius 2 is 1.74 bits per heavy atom. The van der Waals surface area contributed by atoms with E-state index in [1.807, 2.05) is 30.3 Å². The van der Waals surface area contributed by atoms with Crippen molar-refractivity contribution in [3.8, 4) is 0 Å². The van der Waals surface area contributed by atoms with Gasteiger partial charge >= 0.3 is 6.18 Å². The van der Waals surface area contributed by atoms with E-state index in [0.717, 1.165) is 49.6 Å². The van der Waals surface area contributed by atoms with Crippen LogP contribution in [0.4, 0.5) is 18.9 Å². The number of amides is 2. The molecule has 1 aliphatic rings. The number of alkyl halides is 3. The fourth-order valence-corrected chi connectivity index (χ4v) is 5.56. The van der Waals surface area contributed by atoms with Crippen molar-refractivity contribution < 1.29 is 31.2 Å². The summed E-state index contributed by atoms with van der Waals surface area (Å²) in [5.74, 6) is -1.12. The van der Waals surface area contributed by atoms with Crippen LogP contribution in [0, 0.1) is 0 Å². The number of carbonyl (C=O) groups is 2.